The second-order valence-corrected chi connectivity index (χ2v) is 6.35. The average molecular weight is 259 g/mol. The molecule has 19 heavy (non-hydrogen) atoms. The highest BCUT2D eigenvalue weighted by Gasteiger charge is 2.18. The summed E-state index contributed by atoms with van der Waals surface area (Å²) in [4.78, 5) is 0. The maximum Gasteiger partial charge on any atom is 0.0210 e. The molecule has 1 fully saturated rings. The Bertz CT molecular complexity index is 389. The molecule has 1 aliphatic rings. The zero-order valence-corrected chi connectivity index (χ0v) is 12.8. The number of rotatable bonds is 4. The van der Waals surface area contributed by atoms with Gasteiger partial charge in [-0.05, 0) is 50.7 Å². The van der Waals surface area contributed by atoms with Crippen LogP contribution in [0.4, 0.5) is 0 Å². The molecule has 0 heterocycles. The number of aryl methyl sites for hydroxylation is 2. The van der Waals surface area contributed by atoms with Crippen molar-refractivity contribution in [3.63, 3.8) is 0 Å². The van der Waals surface area contributed by atoms with E-state index in [1.165, 1.54) is 55.2 Å². The van der Waals surface area contributed by atoms with E-state index in [0.29, 0.717) is 6.04 Å². The smallest absolute Gasteiger partial charge is 0.0210 e. The molecule has 0 unspecified atom stereocenters. The molecule has 0 aromatic heterocycles. The standard InChI is InChI=1S/C18H29N/c1-14-10-11-18(15(2)12-14)13-19-16(3)17-8-6-4-5-7-9-17/h10-12,16-17,19H,4-9,13H2,1-3H3/t16-/m1/s1. The van der Waals surface area contributed by atoms with E-state index in [2.05, 4.69) is 44.3 Å². The Kier molecular flexibility index (Phi) is 5.45. The Hall–Kier alpha value is -0.820. The summed E-state index contributed by atoms with van der Waals surface area (Å²) in [5.74, 6) is 0.883. The van der Waals surface area contributed by atoms with Crippen molar-refractivity contribution >= 4 is 0 Å². The topological polar surface area (TPSA) is 12.0 Å². The first-order chi connectivity index (χ1) is 9.16. The highest BCUT2D eigenvalue weighted by molar-refractivity contribution is 5.30. The Morgan fingerprint density at radius 2 is 1.79 bits per heavy atom. The fraction of sp³-hybridized carbons (Fsp3) is 0.667. The molecule has 1 saturated carbocycles. The quantitative estimate of drug-likeness (QED) is 0.769. The van der Waals surface area contributed by atoms with E-state index >= 15 is 0 Å². The minimum absolute atomic E-state index is 0.652. The molecular formula is C18H29N. The Morgan fingerprint density at radius 3 is 2.42 bits per heavy atom. The van der Waals surface area contributed by atoms with E-state index < -0.39 is 0 Å². The lowest BCUT2D eigenvalue weighted by Gasteiger charge is -2.24. The molecule has 1 aliphatic carbocycles. The van der Waals surface area contributed by atoms with Crippen molar-refractivity contribution in [2.75, 3.05) is 0 Å². The second kappa shape index (κ2) is 7.09. The number of hydrogen-bond donors (Lipinski definition) is 1. The fourth-order valence-electron chi connectivity index (χ4n) is 3.29. The van der Waals surface area contributed by atoms with Gasteiger partial charge in [-0.3, -0.25) is 0 Å². The highest BCUT2D eigenvalue weighted by Crippen LogP contribution is 2.25. The lowest BCUT2D eigenvalue weighted by Crippen LogP contribution is -2.33. The van der Waals surface area contributed by atoms with E-state index in [4.69, 9.17) is 0 Å². The summed E-state index contributed by atoms with van der Waals surface area (Å²) in [6, 6.07) is 7.43. The van der Waals surface area contributed by atoms with E-state index in [1.54, 1.807) is 0 Å². The largest absolute Gasteiger partial charge is 0.310 e. The summed E-state index contributed by atoms with van der Waals surface area (Å²) in [5.41, 5.74) is 4.23. The van der Waals surface area contributed by atoms with Crippen LogP contribution in [0.15, 0.2) is 18.2 Å². The molecule has 1 N–H and O–H groups in total. The van der Waals surface area contributed by atoms with Crippen molar-refractivity contribution in [2.24, 2.45) is 5.92 Å². The van der Waals surface area contributed by atoms with Crippen LogP contribution in [0.3, 0.4) is 0 Å². The van der Waals surface area contributed by atoms with Crippen LogP contribution in [-0.2, 0) is 6.54 Å². The molecule has 2 rings (SSSR count). The van der Waals surface area contributed by atoms with Gasteiger partial charge in [-0.2, -0.15) is 0 Å². The molecule has 0 aliphatic heterocycles. The molecule has 1 aromatic carbocycles. The third kappa shape index (κ3) is 4.35. The van der Waals surface area contributed by atoms with Gasteiger partial charge in [0.25, 0.3) is 0 Å². The minimum atomic E-state index is 0.652. The number of hydrogen-bond acceptors (Lipinski definition) is 1. The molecule has 0 amide bonds. The predicted molar refractivity (Wildman–Crippen MR) is 83.4 cm³/mol. The van der Waals surface area contributed by atoms with Gasteiger partial charge in [-0.15, -0.1) is 0 Å². The lowest BCUT2D eigenvalue weighted by molar-refractivity contribution is 0.336. The third-order valence-corrected chi connectivity index (χ3v) is 4.72. The van der Waals surface area contributed by atoms with Crippen LogP contribution in [0.25, 0.3) is 0 Å². The molecule has 1 nitrogen and oxygen atoms in total. The van der Waals surface area contributed by atoms with Gasteiger partial charge in [0.1, 0.15) is 0 Å². The Labute approximate surface area is 118 Å². The molecule has 1 heteroatoms. The summed E-state index contributed by atoms with van der Waals surface area (Å²) in [7, 11) is 0. The van der Waals surface area contributed by atoms with Crippen LogP contribution in [0.5, 0.6) is 0 Å². The summed E-state index contributed by atoms with van der Waals surface area (Å²) in [5, 5.41) is 3.76. The molecule has 0 spiro atoms. The number of benzene rings is 1. The van der Waals surface area contributed by atoms with Gasteiger partial charge in [0.15, 0.2) is 0 Å². The van der Waals surface area contributed by atoms with Crippen molar-refractivity contribution in [1.82, 2.24) is 5.32 Å². The first-order valence-corrected chi connectivity index (χ1v) is 7.96. The normalized spacial score (nSPS) is 19.1. The zero-order chi connectivity index (χ0) is 13.7. The second-order valence-electron chi connectivity index (χ2n) is 6.35. The van der Waals surface area contributed by atoms with Crippen LogP contribution in [-0.4, -0.2) is 6.04 Å². The average Bonchev–Trinajstić information content (AvgIpc) is 2.66. The molecule has 1 atom stereocenters. The third-order valence-electron chi connectivity index (χ3n) is 4.72. The van der Waals surface area contributed by atoms with Gasteiger partial charge in [-0.25, -0.2) is 0 Å². The van der Waals surface area contributed by atoms with Crippen LogP contribution in [0.2, 0.25) is 0 Å². The predicted octanol–water partition coefficient (Wildman–Crippen LogP) is 4.75. The monoisotopic (exact) mass is 259 g/mol. The molecule has 106 valence electrons. The van der Waals surface area contributed by atoms with Crippen LogP contribution < -0.4 is 5.32 Å². The van der Waals surface area contributed by atoms with Gasteiger partial charge >= 0.3 is 0 Å². The first kappa shape index (κ1) is 14.6. The van der Waals surface area contributed by atoms with Gasteiger partial charge in [0.2, 0.25) is 0 Å². The fourth-order valence-corrected chi connectivity index (χ4v) is 3.29. The summed E-state index contributed by atoms with van der Waals surface area (Å²) in [6.45, 7) is 7.78. The lowest BCUT2D eigenvalue weighted by atomic mass is 9.92. The minimum Gasteiger partial charge on any atom is -0.310 e. The summed E-state index contributed by atoms with van der Waals surface area (Å²) < 4.78 is 0. The Morgan fingerprint density at radius 1 is 1.11 bits per heavy atom. The molecule has 0 saturated heterocycles. The number of nitrogens with one attached hydrogen (secondary N) is 1. The van der Waals surface area contributed by atoms with Crippen molar-refractivity contribution in [3.05, 3.63) is 34.9 Å². The summed E-state index contributed by atoms with van der Waals surface area (Å²) >= 11 is 0. The first-order valence-electron chi connectivity index (χ1n) is 7.96. The Balaban J connectivity index is 1.86. The van der Waals surface area contributed by atoms with Crippen molar-refractivity contribution in [1.29, 1.82) is 0 Å². The van der Waals surface area contributed by atoms with Crippen molar-refractivity contribution in [3.8, 4) is 0 Å². The maximum atomic E-state index is 3.76. The molecule has 1 aromatic rings. The SMILES string of the molecule is Cc1ccc(CN[C@H](C)C2CCCCCC2)c(C)c1. The van der Waals surface area contributed by atoms with Gasteiger partial charge in [0, 0.05) is 12.6 Å². The van der Waals surface area contributed by atoms with Gasteiger partial charge in [0.05, 0.1) is 0 Å². The van der Waals surface area contributed by atoms with E-state index in [0.717, 1.165) is 12.5 Å². The maximum absolute atomic E-state index is 3.76. The zero-order valence-electron chi connectivity index (χ0n) is 12.8. The van der Waals surface area contributed by atoms with E-state index in [1.807, 2.05) is 0 Å². The van der Waals surface area contributed by atoms with Crippen LogP contribution >= 0.6 is 0 Å². The van der Waals surface area contributed by atoms with E-state index in [9.17, 15) is 0 Å². The van der Waals surface area contributed by atoms with Crippen LogP contribution in [0.1, 0.15) is 62.1 Å². The molecular weight excluding hydrogens is 230 g/mol. The highest BCUT2D eigenvalue weighted by atomic mass is 14.9. The van der Waals surface area contributed by atoms with Crippen LogP contribution in [0, 0.1) is 19.8 Å². The molecule has 0 radical (unpaired) electrons. The van der Waals surface area contributed by atoms with Gasteiger partial charge < -0.3 is 5.32 Å². The summed E-state index contributed by atoms with van der Waals surface area (Å²) in [6.07, 6.45) is 8.59. The molecule has 0 bridgehead atoms. The van der Waals surface area contributed by atoms with Gasteiger partial charge in [-0.1, -0.05) is 49.4 Å². The van der Waals surface area contributed by atoms with Crippen molar-refractivity contribution in [2.45, 2.75) is 71.9 Å². The van der Waals surface area contributed by atoms with E-state index in [-0.39, 0.29) is 0 Å². The van der Waals surface area contributed by atoms with Crippen molar-refractivity contribution < 1.29 is 0 Å².